The maximum atomic E-state index is 11.2. The summed E-state index contributed by atoms with van der Waals surface area (Å²) in [7, 11) is 0. The van der Waals surface area contributed by atoms with Crippen molar-refractivity contribution in [3.05, 3.63) is 11.3 Å². The van der Waals surface area contributed by atoms with Gasteiger partial charge in [0.15, 0.2) is 0 Å². The van der Waals surface area contributed by atoms with Gasteiger partial charge in [0.1, 0.15) is 5.82 Å². The van der Waals surface area contributed by atoms with Crippen molar-refractivity contribution in [2.24, 2.45) is 0 Å². The van der Waals surface area contributed by atoms with Crippen LogP contribution in [0.1, 0.15) is 39.0 Å². The molecule has 0 atom stereocenters. The molecule has 0 radical (unpaired) electrons. The first kappa shape index (κ1) is 11.1. The monoisotopic (exact) mass is 222 g/mol. The van der Waals surface area contributed by atoms with Crippen molar-refractivity contribution >= 4 is 11.7 Å². The molecule has 0 fully saturated rings. The minimum Gasteiger partial charge on any atom is -0.311 e. The Balaban J connectivity index is 2.48. The fourth-order valence-electron chi connectivity index (χ4n) is 2.10. The van der Waals surface area contributed by atoms with Crippen molar-refractivity contribution in [3.8, 4) is 0 Å². The highest BCUT2D eigenvalue weighted by Gasteiger charge is 2.35. The minimum atomic E-state index is -0.108. The zero-order valence-electron chi connectivity index (χ0n) is 10.2. The number of carbonyl (C=O) groups excluding carboxylic acids is 1. The van der Waals surface area contributed by atoms with Gasteiger partial charge in [0, 0.05) is 25.6 Å². The van der Waals surface area contributed by atoms with Crippen LogP contribution in [-0.2, 0) is 23.4 Å². The molecule has 1 aromatic rings. The highest BCUT2D eigenvalue weighted by atomic mass is 16.1. The molecule has 16 heavy (non-hydrogen) atoms. The van der Waals surface area contributed by atoms with Crippen molar-refractivity contribution in [1.29, 1.82) is 0 Å². The lowest BCUT2D eigenvalue weighted by molar-refractivity contribution is -0.114. The third kappa shape index (κ3) is 1.61. The van der Waals surface area contributed by atoms with Gasteiger partial charge >= 0.3 is 0 Å². The van der Waals surface area contributed by atoms with E-state index in [1.54, 1.807) is 0 Å². The Morgan fingerprint density at radius 1 is 1.62 bits per heavy atom. The first-order chi connectivity index (χ1) is 7.45. The van der Waals surface area contributed by atoms with E-state index >= 15 is 0 Å². The lowest BCUT2D eigenvalue weighted by Gasteiger charge is -2.17. The van der Waals surface area contributed by atoms with Crippen molar-refractivity contribution < 1.29 is 4.79 Å². The largest absolute Gasteiger partial charge is 0.311 e. The van der Waals surface area contributed by atoms with Crippen LogP contribution in [0.4, 0.5) is 5.82 Å². The van der Waals surface area contributed by atoms with Crippen LogP contribution in [0, 0.1) is 0 Å². The number of amides is 1. The Bertz CT molecular complexity index is 433. The summed E-state index contributed by atoms with van der Waals surface area (Å²) in [6.45, 7) is 9.27. The molecule has 88 valence electrons. The maximum absolute atomic E-state index is 11.2. The molecular formula is C11H18N4O. The van der Waals surface area contributed by atoms with E-state index in [2.05, 4.69) is 29.6 Å². The number of carbonyl (C=O) groups is 1. The van der Waals surface area contributed by atoms with Crippen LogP contribution in [0.5, 0.6) is 0 Å². The second-order valence-corrected chi connectivity index (χ2v) is 4.65. The Kier molecular flexibility index (Phi) is 2.50. The molecule has 0 aromatic carbocycles. The molecule has 0 saturated heterocycles. The van der Waals surface area contributed by atoms with E-state index in [1.807, 2.05) is 11.6 Å². The summed E-state index contributed by atoms with van der Waals surface area (Å²) in [5.74, 6) is 0.783. The number of fused-ring (bicyclic) bond motifs is 1. The van der Waals surface area contributed by atoms with Gasteiger partial charge in [-0.2, -0.15) is 5.10 Å². The summed E-state index contributed by atoms with van der Waals surface area (Å²) in [5.41, 5.74) is 2.04. The van der Waals surface area contributed by atoms with Gasteiger partial charge in [-0.25, -0.2) is 4.68 Å². The molecule has 1 aliphatic rings. The van der Waals surface area contributed by atoms with Gasteiger partial charge in [0.25, 0.3) is 0 Å². The van der Waals surface area contributed by atoms with Crippen LogP contribution >= 0.6 is 0 Å². The van der Waals surface area contributed by atoms with Gasteiger partial charge in [0.2, 0.25) is 5.91 Å². The Labute approximate surface area is 95.2 Å². The normalized spacial score (nSPS) is 17.2. The molecule has 2 rings (SSSR count). The summed E-state index contributed by atoms with van der Waals surface area (Å²) in [5, 5.41) is 10.8. The van der Waals surface area contributed by atoms with Crippen molar-refractivity contribution in [2.75, 3.05) is 5.32 Å². The fourth-order valence-corrected chi connectivity index (χ4v) is 2.10. The average molecular weight is 222 g/mol. The SMILES string of the molecule is CCn1nc2c(c1NC(C)=O)CNC2(C)C. The quantitative estimate of drug-likeness (QED) is 0.790. The molecule has 1 aromatic heterocycles. The smallest absolute Gasteiger partial charge is 0.222 e. The number of nitrogens with one attached hydrogen (secondary N) is 2. The summed E-state index contributed by atoms with van der Waals surface area (Å²) in [6.07, 6.45) is 0. The molecule has 0 saturated carbocycles. The number of nitrogens with zero attached hydrogens (tertiary/aromatic N) is 2. The van der Waals surface area contributed by atoms with Crippen LogP contribution in [0.25, 0.3) is 0 Å². The number of aromatic nitrogens is 2. The van der Waals surface area contributed by atoms with Crippen LogP contribution in [0.3, 0.4) is 0 Å². The minimum absolute atomic E-state index is 0.0536. The van der Waals surface area contributed by atoms with Crippen molar-refractivity contribution in [2.45, 2.75) is 46.3 Å². The van der Waals surface area contributed by atoms with Gasteiger partial charge in [-0.3, -0.25) is 4.79 Å². The predicted molar refractivity (Wildman–Crippen MR) is 62.1 cm³/mol. The molecule has 2 N–H and O–H groups in total. The second-order valence-electron chi connectivity index (χ2n) is 4.65. The van der Waals surface area contributed by atoms with E-state index in [4.69, 9.17) is 0 Å². The standard InChI is InChI=1S/C11H18N4O/c1-5-15-10(13-7(2)16)8-6-12-11(3,4)9(8)14-15/h12H,5-6H2,1-4H3,(H,13,16). The molecule has 5 heteroatoms. The number of aryl methyl sites for hydroxylation is 1. The van der Waals surface area contributed by atoms with Gasteiger partial charge in [0.05, 0.1) is 11.2 Å². The zero-order chi connectivity index (χ0) is 11.9. The van der Waals surface area contributed by atoms with Crippen LogP contribution in [0.15, 0.2) is 0 Å². The lowest BCUT2D eigenvalue weighted by atomic mass is 10.0. The number of hydrogen-bond acceptors (Lipinski definition) is 3. The van der Waals surface area contributed by atoms with Crippen molar-refractivity contribution in [1.82, 2.24) is 15.1 Å². The third-order valence-corrected chi connectivity index (χ3v) is 2.94. The van der Waals surface area contributed by atoms with E-state index in [1.165, 1.54) is 6.92 Å². The topological polar surface area (TPSA) is 59.0 Å². The van der Waals surface area contributed by atoms with E-state index in [9.17, 15) is 4.79 Å². The first-order valence-electron chi connectivity index (χ1n) is 5.58. The average Bonchev–Trinajstić information content (AvgIpc) is 2.66. The van der Waals surface area contributed by atoms with Gasteiger partial charge in [-0.05, 0) is 20.8 Å². The fraction of sp³-hybridized carbons (Fsp3) is 0.636. The number of anilines is 1. The molecule has 2 heterocycles. The molecule has 0 spiro atoms. The van der Waals surface area contributed by atoms with E-state index in [0.717, 1.165) is 30.2 Å². The van der Waals surface area contributed by atoms with E-state index in [0.29, 0.717) is 0 Å². The molecular weight excluding hydrogens is 204 g/mol. The molecule has 5 nitrogen and oxygen atoms in total. The van der Waals surface area contributed by atoms with Crippen molar-refractivity contribution in [3.63, 3.8) is 0 Å². The van der Waals surface area contributed by atoms with Gasteiger partial charge in [-0.15, -0.1) is 0 Å². The van der Waals surface area contributed by atoms with Gasteiger partial charge in [-0.1, -0.05) is 0 Å². The van der Waals surface area contributed by atoms with E-state index in [-0.39, 0.29) is 11.4 Å². The Morgan fingerprint density at radius 2 is 2.31 bits per heavy atom. The second kappa shape index (κ2) is 3.59. The highest BCUT2D eigenvalue weighted by molar-refractivity contribution is 5.88. The third-order valence-electron chi connectivity index (χ3n) is 2.94. The molecule has 0 unspecified atom stereocenters. The number of hydrogen-bond donors (Lipinski definition) is 2. The Hall–Kier alpha value is -1.36. The summed E-state index contributed by atoms with van der Waals surface area (Å²) in [6, 6.07) is 0. The maximum Gasteiger partial charge on any atom is 0.222 e. The first-order valence-corrected chi connectivity index (χ1v) is 5.58. The van der Waals surface area contributed by atoms with Crippen LogP contribution in [0.2, 0.25) is 0 Å². The molecule has 1 aliphatic heterocycles. The van der Waals surface area contributed by atoms with E-state index < -0.39 is 0 Å². The summed E-state index contributed by atoms with van der Waals surface area (Å²) < 4.78 is 1.86. The van der Waals surface area contributed by atoms with Crippen LogP contribution in [-0.4, -0.2) is 15.7 Å². The zero-order valence-corrected chi connectivity index (χ0v) is 10.2. The van der Waals surface area contributed by atoms with Gasteiger partial charge < -0.3 is 10.6 Å². The highest BCUT2D eigenvalue weighted by Crippen LogP contribution is 2.34. The molecule has 1 amide bonds. The lowest BCUT2D eigenvalue weighted by Crippen LogP contribution is -2.30. The summed E-state index contributed by atoms with van der Waals surface area (Å²) >= 11 is 0. The van der Waals surface area contributed by atoms with Crippen LogP contribution < -0.4 is 10.6 Å². The molecule has 0 aliphatic carbocycles. The predicted octanol–water partition coefficient (Wildman–Crippen LogP) is 1.20. The Morgan fingerprint density at radius 3 is 2.88 bits per heavy atom. The number of rotatable bonds is 2. The summed E-state index contributed by atoms with van der Waals surface area (Å²) in [4.78, 5) is 11.2. The molecule has 0 bridgehead atoms.